The lowest BCUT2D eigenvalue weighted by molar-refractivity contribution is -0.145. The van der Waals surface area contributed by atoms with Crippen LogP contribution in [0, 0.1) is 0 Å². The first-order valence-electron chi connectivity index (χ1n) is 5.40. The number of aliphatic carboxylic acids is 1. The average Bonchev–Trinajstić information content (AvgIpc) is 2.26. The summed E-state index contributed by atoms with van der Waals surface area (Å²) in [7, 11) is 0. The molecule has 5 heteroatoms. The van der Waals surface area contributed by atoms with E-state index in [-0.39, 0.29) is 6.04 Å². The molecule has 17 heavy (non-hydrogen) atoms. The largest absolute Gasteiger partial charge is 0.479 e. The minimum Gasteiger partial charge on any atom is -0.479 e. The molecule has 2 unspecified atom stereocenters. The number of halogens is 1. The zero-order chi connectivity index (χ0) is 13.0. The van der Waals surface area contributed by atoms with E-state index in [9.17, 15) is 4.79 Å². The minimum absolute atomic E-state index is 0.214. The number of hydrogen-bond donors (Lipinski definition) is 2. The first-order chi connectivity index (χ1) is 7.95. The lowest BCUT2D eigenvalue weighted by Gasteiger charge is -2.18. The number of carboxylic acids is 1. The van der Waals surface area contributed by atoms with Crippen LogP contribution in [0.2, 0.25) is 0 Å². The van der Waals surface area contributed by atoms with E-state index in [0.717, 1.165) is 10.0 Å². The van der Waals surface area contributed by atoms with Crippen molar-refractivity contribution in [2.75, 3.05) is 0 Å². The fourth-order valence-corrected chi connectivity index (χ4v) is 1.82. The number of rotatable bonds is 5. The Hall–Kier alpha value is -1.07. The van der Waals surface area contributed by atoms with Crippen molar-refractivity contribution in [3.63, 3.8) is 0 Å². The van der Waals surface area contributed by atoms with Gasteiger partial charge in [0.2, 0.25) is 0 Å². The molecule has 0 bridgehead atoms. The standard InChI is InChI=1S/C12H16BrNO3/c1-3-10(12(15)16)17-11-5-4-8(13)6-9(11)7(2)14/h4-7,10H,3,14H2,1-2H3,(H,15,16). The Morgan fingerprint density at radius 3 is 2.71 bits per heavy atom. The predicted molar refractivity (Wildman–Crippen MR) is 69.1 cm³/mol. The van der Waals surface area contributed by atoms with Gasteiger partial charge in [0.25, 0.3) is 0 Å². The van der Waals surface area contributed by atoms with Gasteiger partial charge in [-0.15, -0.1) is 0 Å². The number of benzene rings is 1. The molecule has 4 nitrogen and oxygen atoms in total. The van der Waals surface area contributed by atoms with Crippen LogP contribution in [0.5, 0.6) is 5.75 Å². The molecule has 0 aliphatic heterocycles. The van der Waals surface area contributed by atoms with Gasteiger partial charge in [-0.25, -0.2) is 4.79 Å². The van der Waals surface area contributed by atoms with Crippen LogP contribution >= 0.6 is 15.9 Å². The molecule has 0 saturated carbocycles. The van der Waals surface area contributed by atoms with Crippen molar-refractivity contribution in [3.8, 4) is 5.75 Å². The van der Waals surface area contributed by atoms with E-state index in [1.807, 2.05) is 13.0 Å². The van der Waals surface area contributed by atoms with Crippen LogP contribution in [0.15, 0.2) is 22.7 Å². The first-order valence-corrected chi connectivity index (χ1v) is 6.19. The summed E-state index contributed by atoms with van der Waals surface area (Å²) in [6.07, 6.45) is -0.433. The lowest BCUT2D eigenvalue weighted by Crippen LogP contribution is -2.26. The monoisotopic (exact) mass is 301 g/mol. The number of carboxylic acid groups (broad SMARTS) is 1. The van der Waals surface area contributed by atoms with E-state index in [0.29, 0.717) is 12.2 Å². The second kappa shape index (κ2) is 6.02. The van der Waals surface area contributed by atoms with Crippen LogP contribution in [0.1, 0.15) is 31.9 Å². The van der Waals surface area contributed by atoms with Gasteiger partial charge in [0.05, 0.1) is 0 Å². The van der Waals surface area contributed by atoms with Crippen molar-refractivity contribution in [1.82, 2.24) is 0 Å². The lowest BCUT2D eigenvalue weighted by atomic mass is 10.1. The van der Waals surface area contributed by atoms with Gasteiger partial charge in [0.1, 0.15) is 5.75 Å². The van der Waals surface area contributed by atoms with Crippen molar-refractivity contribution in [2.24, 2.45) is 5.73 Å². The molecule has 0 amide bonds. The Morgan fingerprint density at radius 1 is 1.59 bits per heavy atom. The highest BCUT2D eigenvalue weighted by atomic mass is 79.9. The first kappa shape index (κ1) is 14.0. The Labute approximate surface area is 109 Å². The molecule has 0 radical (unpaired) electrons. The van der Waals surface area contributed by atoms with E-state index in [1.165, 1.54) is 0 Å². The van der Waals surface area contributed by atoms with Crippen molar-refractivity contribution in [1.29, 1.82) is 0 Å². The Bertz CT molecular complexity index is 407. The molecule has 1 aromatic rings. The van der Waals surface area contributed by atoms with E-state index in [4.69, 9.17) is 15.6 Å². The molecule has 0 saturated heterocycles. The van der Waals surface area contributed by atoms with Gasteiger partial charge < -0.3 is 15.6 Å². The van der Waals surface area contributed by atoms with Gasteiger partial charge >= 0.3 is 5.97 Å². The zero-order valence-corrected chi connectivity index (χ0v) is 11.4. The van der Waals surface area contributed by atoms with Gasteiger partial charge in [-0.05, 0) is 31.5 Å². The van der Waals surface area contributed by atoms with Crippen LogP contribution in [0.3, 0.4) is 0 Å². The SMILES string of the molecule is CCC(Oc1ccc(Br)cc1C(C)N)C(=O)O. The average molecular weight is 302 g/mol. The second-order valence-corrected chi connectivity index (χ2v) is 4.74. The van der Waals surface area contributed by atoms with Crippen LogP contribution in [0.25, 0.3) is 0 Å². The number of hydrogen-bond acceptors (Lipinski definition) is 3. The van der Waals surface area contributed by atoms with Crippen LogP contribution in [-0.4, -0.2) is 17.2 Å². The van der Waals surface area contributed by atoms with E-state index in [1.54, 1.807) is 19.1 Å². The van der Waals surface area contributed by atoms with E-state index >= 15 is 0 Å². The molecule has 94 valence electrons. The normalized spacial score (nSPS) is 14.1. The van der Waals surface area contributed by atoms with Crippen molar-refractivity contribution in [3.05, 3.63) is 28.2 Å². The summed E-state index contributed by atoms with van der Waals surface area (Å²) >= 11 is 3.35. The highest BCUT2D eigenvalue weighted by Crippen LogP contribution is 2.28. The molecule has 0 fully saturated rings. The highest BCUT2D eigenvalue weighted by Gasteiger charge is 2.19. The summed E-state index contributed by atoms with van der Waals surface area (Å²) in [6, 6.07) is 5.16. The van der Waals surface area contributed by atoms with Crippen molar-refractivity contribution < 1.29 is 14.6 Å². The molecule has 2 atom stereocenters. The smallest absolute Gasteiger partial charge is 0.344 e. The number of ether oxygens (including phenoxy) is 1. The van der Waals surface area contributed by atoms with E-state index < -0.39 is 12.1 Å². The van der Waals surface area contributed by atoms with Gasteiger partial charge in [-0.1, -0.05) is 22.9 Å². The van der Waals surface area contributed by atoms with Crippen LogP contribution < -0.4 is 10.5 Å². The summed E-state index contributed by atoms with van der Waals surface area (Å²) in [5, 5.41) is 8.95. The van der Waals surface area contributed by atoms with Gasteiger partial charge in [0, 0.05) is 16.1 Å². The third-order valence-electron chi connectivity index (χ3n) is 2.38. The summed E-state index contributed by atoms with van der Waals surface area (Å²) in [5.41, 5.74) is 6.62. The highest BCUT2D eigenvalue weighted by molar-refractivity contribution is 9.10. The zero-order valence-electron chi connectivity index (χ0n) is 9.81. The summed E-state index contributed by atoms with van der Waals surface area (Å²) in [5.74, 6) is -0.441. The Kier molecular flexibility index (Phi) is 4.96. The predicted octanol–water partition coefficient (Wildman–Crippen LogP) is 2.71. The van der Waals surface area contributed by atoms with Crippen LogP contribution in [0.4, 0.5) is 0 Å². The molecular weight excluding hydrogens is 286 g/mol. The molecule has 1 aromatic carbocycles. The molecule has 3 N–H and O–H groups in total. The molecule has 1 rings (SSSR count). The number of carbonyl (C=O) groups is 1. The molecule has 0 spiro atoms. The topological polar surface area (TPSA) is 72.5 Å². The van der Waals surface area contributed by atoms with Crippen molar-refractivity contribution >= 4 is 21.9 Å². The third-order valence-corrected chi connectivity index (χ3v) is 2.87. The van der Waals surface area contributed by atoms with Crippen LogP contribution in [-0.2, 0) is 4.79 Å². The fourth-order valence-electron chi connectivity index (χ4n) is 1.44. The van der Waals surface area contributed by atoms with Crippen molar-refractivity contribution in [2.45, 2.75) is 32.4 Å². The Morgan fingerprint density at radius 2 is 2.24 bits per heavy atom. The van der Waals surface area contributed by atoms with Gasteiger partial charge in [0.15, 0.2) is 6.10 Å². The third kappa shape index (κ3) is 3.71. The maximum atomic E-state index is 10.9. The quantitative estimate of drug-likeness (QED) is 0.877. The van der Waals surface area contributed by atoms with Gasteiger partial charge in [-0.3, -0.25) is 0 Å². The molecule has 0 aliphatic rings. The Balaban J connectivity index is 3.01. The second-order valence-electron chi connectivity index (χ2n) is 3.82. The summed E-state index contributed by atoms with van der Waals surface area (Å²) < 4.78 is 6.36. The molecule has 0 aliphatic carbocycles. The van der Waals surface area contributed by atoms with Gasteiger partial charge in [-0.2, -0.15) is 0 Å². The maximum absolute atomic E-state index is 10.9. The minimum atomic E-state index is -0.967. The number of nitrogens with two attached hydrogens (primary N) is 1. The van der Waals surface area contributed by atoms with E-state index in [2.05, 4.69) is 15.9 Å². The summed E-state index contributed by atoms with van der Waals surface area (Å²) in [6.45, 7) is 3.60. The summed E-state index contributed by atoms with van der Waals surface area (Å²) in [4.78, 5) is 10.9. The fraction of sp³-hybridized carbons (Fsp3) is 0.417. The molecule has 0 heterocycles. The molecule has 0 aromatic heterocycles. The maximum Gasteiger partial charge on any atom is 0.344 e. The molecular formula is C12H16BrNO3.